The molecule has 5 nitrogen and oxygen atoms in total. The molecule has 2 amide bonds. The monoisotopic (exact) mass is 256 g/mol. The molecule has 1 aliphatic carbocycles. The first-order valence-corrected chi connectivity index (χ1v) is 6.68. The van der Waals surface area contributed by atoms with Crippen molar-refractivity contribution in [1.29, 1.82) is 0 Å². The lowest BCUT2D eigenvalue weighted by Gasteiger charge is -2.39. The predicted molar refractivity (Wildman–Crippen MR) is 69.5 cm³/mol. The first-order valence-electron chi connectivity index (χ1n) is 6.68. The second kappa shape index (κ2) is 6.61. The van der Waals surface area contributed by atoms with E-state index in [9.17, 15) is 9.59 Å². The number of aliphatic carboxylic acids is 1. The van der Waals surface area contributed by atoms with E-state index in [1.807, 2.05) is 25.8 Å². The Balaban J connectivity index is 2.48. The smallest absolute Gasteiger partial charge is 0.320 e. The summed E-state index contributed by atoms with van der Waals surface area (Å²) in [6.07, 6.45) is 4.00. The quantitative estimate of drug-likeness (QED) is 0.792. The summed E-state index contributed by atoms with van der Waals surface area (Å²) in [6, 6.07) is 0.507. The number of carboxylic acid groups (broad SMARTS) is 1. The van der Waals surface area contributed by atoms with Crippen molar-refractivity contribution in [2.75, 3.05) is 13.6 Å². The molecule has 0 aromatic carbocycles. The Bertz CT molecular complexity index is 301. The Labute approximate surface area is 109 Å². The van der Waals surface area contributed by atoms with Crippen molar-refractivity contribution in [1.82, 2.24) is 9.80 Å². The number of hydrogen-bond donors (Lipinski definition) is 1. The molecule has 0 aliphatic heterocycles. The van der Waals surface area contributed by atoms with Gasteiger partial charge in [0.1, 0.15) is 0 Å². The van der Waals surface area contributed by atoms with E-state index in [0.29, 0.717) is 19.0 Å². The van der Waals surface area contributed by atoms with Crippen molar-refractivity contribution >= 4 is 12.0 Å². The van der Waals surface area contributed by atoms with Crippen LogP contribution in [0.2, 0.25) is 0 Å². The fraction of sp³-hybridized carbons (Fsp3) is 0.846. The third-order valence-electron chi connectivity index (χ3n) is 3.58. The fourth-order valence-corrected chi connectivity index (χ4v) is 2.11. The molecule has 18 heavy (non-hydrogen) atoms. The minimum absolute atomic E-state index is 0.0279. The van der Waals surface area contributed by atoms with Crippen LogP contribution in [0, 0.1) is 0 Å². The second-order valence-electron chi connectivity index (χ2n) is 5.26. The first-order chi connectivity index (χ1) is 8.43. The maximum absolute atomic E-state index is 12.3. The van der Waals surface area contributed by atoms with E-state index in [2.05, 4.69) is 0 Å². The van der Waals surface area contributed by atoms with Gasteiger partial charge in [-0.15, -0.1) is 0 Å². The van der Waals surface area contributed by atoms with Gasteiger partial charge < -0.3 is 14.9 Å². The molecule has 1 fully saturated rings. The summed E-state index contributed by atoms with van der Waals surface area (Å²) in [5.74, 6) is -0.807. The number of hydrogen-bond acceptors (Lipinski definition) is 2. The lowest BCUT2D eigenvalue weighted by molar-refractivity contribution is -0.137. The van der Waals surface area contributed by atoms with Gasteiger partial charge in [0.15, 0.2) is 0 Å². The molecule has 0 unspecified atom stereocenters. The summed E-state index contributed by atoms with van der Waals surface area (Å²) < 4.78 is 0. The van der Waals surface area contributed by atoms with Gasteiger partial charge in [-0.3, -0.25) is 4.79 Å². The Morgan fingerprint density at radius 1 is 1.33 bits per heavy atom. The Morgan fingerprint density at radius 3 is 2.33 bits per heavy atom. The van der Waals surface area contributed by atoms with E-state index >= 15 is 0 Å². The SMILES string of the molecule is CC(C)N(CCCC(=O)O)C(=O)N(C)C1CCC1. The van der Waals surface area contributed by atoms with Gasteiger partial charge in [-0.05, 0) is 39.5 Å². The number of carboxylic acids is 1. The van der Waals surface area contributed by atoms with Crippen molar-refractivity contribution < 1.29 is 14.7 Å². The van der Waals surface area contributed by atoms with Gasteiger partial charge in [0.05, 0.1) is 0 Å². The van der Waals surface area contributed by atoms with Crippen molar-refractivity contribution in [3.8, 4) is 0 Å². The molecular formula is C13H24N2O3. The Kier molecular flexibility index (Phi) is 5.44. The van der Waals surface area contributed by atoms with Crippen LogP contribution in [0.1, 0.15) is 46.0 Å². The Hall–Kier alpha value is -1.26. The van der Waals surface area contributed by atoms with Gasteiger partial charge >= 0.3 is 12.0 Å². The highest BCUT2D eigenvalue weighted by Crippen LogP contribution is 2.24. The number of amides is 2. The molecule has 5 heteroatoms. The molecular weight excluding hydrogens is 232 g/mol. The molecule has 0 spiro atoms. The number of carbonyl (C=O) groups excluding carboxylic acids is 1. The van der Waals surface area contributed by atoms with Crippen LogP contribution in [0.15, 0.2) is 0 Å². The van der Waals surface area contributed by atoms with Crippen molar-refractivity contribution in [2.24, 2.45) is 0 Å². The van der Waals surface area contributed by atoms with Crippen LogP contribution in [0.4, 0.5) is 4.79 Å². The summed E-state index contributed by atoms with van der Waals surface area (Å²) in [7, 11) is 1.85. The molecule has 0 atom stereocenters. The standard InChI is InChI=1S/C13H24N2O3/c1-10(2)15(9-5-8-12(16)17)13(18)14(3)11-6-4-7-11/h10-11H,4-9H2,1-3H3,(H,16,17). The summed E-state index contributed by atoms with van der Waals surface area (Å²) in [4.78, 5) is 26.4. The molecule has 0 saturated heterocycles. The third kappa shape index (κ3) is 3.89. The van der Waals surface area contributed by atoms with E-state index < -0.39 is 5.97 Å². The zero-order valence-corrected chi connectivity index (χ0v) is 11.6. The van der Waals surface area contributed by atoms with Crippen molar-refractivity contribution in [2.45, 2.75) is 58.0 Å². The summed E-state index contributed by atoms with van der Waals surface area (Å²) in [5.41, 5.74) is 0. The predicted octanol–water partition coefficient (Wildman–Crippen LogP) is 2.17. The maximum atomic E-state index is 12.3. The van der Waals surface area contributed by atoms with E-state index in [-0.39, 0.29) is 18.5 Å². The highest BCUT2D eigenvalue weighted by molar-refractivity contribution is 5.75. The largest absolute Gasteiger partial charge is 0.481 e. The van der Waals surface area contributed by atoms with Crippen LogP contribution in [0.5, 0.6) is 0 Å². The zero-order chi connectivity index (χ0) is 13.7. The molecule has 104 valence electrons. The lowest BCUT2D eigenvalue weighted by Crippen LogP contribution is -2.50. The van der Waals surface area contributed by atoms with Crippen LogP contribution in [-0.2, 0) is 4.79 Å². The molecule has 1 rings (SSSR count). The maximum Gasteiger partial charge on any atom is 0.320 e. The van der Waals surface area contributed by atoms with E-state index in [1.54, 1.807) is 4.90 Å². The van der Waals surface area contributed by atoms with Gasteiger partial charge in [0.25, 0.3) is 0 Å². The van der Waals surface area contributed by atoms with E-state index in [0.717, 1.165) is 12.8 Å². The number of urea groups is 1. The molecule has 0 aromatic heterocycles. The third-order valence-corrected chi connectivity index (χ3v) is 3.58. The van der Waals surface area contributed by atoms with E-state index in [1.165, 1.54) is 6.42 Å². The van der Waals surface area contributed by atoms with Crippen LogP contribution in [0.25, 0.3) is 0 Å². The van der Waals surface area contributed by atoms with Gasteiger partial charge in [-0.25, -0.2) is 4.79 Å². The molecule has 1 N–H and O–H groups in total. The highest BCUT2D eigenvalue weighted by Gasteiger charge is 2.29. The summed E-state index contributed by atoms with van der Waals surface area (Å²) in [5, 5.41) is 8.63. The molecule has 0 heterocycles. The van der Waals surface area contributed by atoms with Gasteiger partial charge in [-0.1, -0.05) is 0 Å². The molecule has 0 aromatic rings. The lowest BCUT2D eigenvalue weighted by atomic mass is 9.92. The van der Waals surface area contributed by atoms with Crippen LogP contribution in [-0.4, -0.2) is 52.6 Å². The van der Waals surface area contributed by atoms with Crippen molar-refractivity contribution in [3.63, 3.8) is 0 Å². The first kappa shape index (κ1) is 14.8. The minimum Gasteiger partial charge on any atom is -0.481 e. The minimum atomic E-state index is -0.807. The summed E-state index contributed by atoms with van der Waals surface area (Å²) in [6.45, 7) is 4.44. The van der Waals surface area contributed by atoms with E-state index in [4.69, 9.17) is 5.11 Å². The average molecular weight is 256 g/mol. The topological polar surface area (TPSA) is 60.9 Å². The zero-order valence-electron chi connectivity index (χ0n) is 11.6. The molecule has 1 saturated carbocycles. The second-order valence-corrected chi connectivity index (χ2v) is 5.26. The average Bonchev–Trinajstić information content (AvgIpc) is 2.20. The van der Waals surface area contributed by atoms with Crippen LogP contribution >= 0.6 is 0 Å². The van der Waals surface area contributed by atoms with Crippen LogP contribution in [0.3, 0.4) is 0 Å². The Morgan fingerprint density at radius 2 is 1.94 bits per heavy atom. The van der Waals surface area contributed by atoms with Gasteiger partial charge in [0, 0.05) is 32.1 Å². The summed E-state index contributed by atoms with van der Waals surface area (Å²) >= 11 is 0. The normalized spacial score (nSPS) is 15.3. The van der Waals surface area contributed by atoms with Crippen LogP contribution < -0.4 is 0 Å². The molecule has 0 radical (unpaired) electrons. The molecule has 1 aliphatic rings. The van der Waals surface area contributed by atoms with Crippen molar-refractivity contribution in [3.05, 3.63) is 0 Å². The number of rotatable bonds is 6. The number of nitrogens with zero attached hydrogens (tertiary/aromatic N) is 2. The number of carbonyl (C=O) groups is 2. The molecule has 0 bridgehead atoms. The van der Waals surface area contributed by atoms with Gasteiger partial charge in [-0.2, -0.15) is 0 Å². The highest BCUT2D eigenvalue weighted by atomic mass is 16.4. The fourth-order valence-electron chi connectivity index (χ4n) is 2.11. The van der Waals surface area contributed by atoms with Gasteiger partial charge in [0.2, 0.25) is 0 Å².